The Morgan fingerprint density at radius 3 is 2.56 bits per heavy atom. The van der Waals surface area contributed by atoms with Crippen molar-refractivity contribution in [3.63, 3.8) is 0 Å². The van der Waals surface area contributed by atoms with E-state index >= 15 is 0 Å². The average molecular weight is 258 g/mol. The number of hydrogen-bond acceptors (Lipinski definition) is 1. The summed E-state index contributed by atoms with van der Waals surface area (Å²) in [4.78, 5) is 0. The molecule has 1 nitrogen and oxygen atoms in total. The van der Waals surface area contributed by atoms with E-state index in [1.165, 1.54) is 31.2 Å². The van der Waals surface area contributed by atoms with Crippen LogP contribution in [0.15, 0.2) is 18.2 Å². The van der Waals surface area contributed by atoms with Crippen molar-refractivity contribution >= 4 is 23.2 Å². The molecule has 2 N–H and O–H groups in total. The van der Waals surface area contributed by atoms with E-state index in [4.69, 9.17) is 28.9 Å². The van der Waals surface area contributed by atoms with Crippen LogP contribution in [0.2, 0.25) is 10.0 Å². The fraction of sp³-hybridized carbons (Fsp3) is 0.538. The zero-order chi connectivity index (χ0) is 11.5. The molecule has 1 aromatic rings. The molecule has 1 fully saturated rings. The van der Waals surface area contributed by atoms with Crippen LogP contribution in [0.5, 0.6) is 0 Å². The summed E-state index contributed by atoms with van der Waals surface area (Å²) < 4.78 is 0. The summed E-state index contributed by atoms with van der Waals surface area (Å²) in [5, 5.41) is 1.28. The summed E-state index contributed by atoms with van der Waals surface area (Å²) in [6, 6.07) is 5.98. The van der Waals surface area contributed by atoms with Gasteiger partial charge in [0.25, 0.3) is 0 Å². The summed E-state index contributed by atoms with van der Waals surface area (Å²) in [5.41, 5.74) is 7.14. The summed E-state index contributed by atoms with van der Waals surface area (Å²) in [7, 11) is 0. The summed E-state index contributed by atoms with van der Waals surface area (Å²) in [6.45, 7) is 0.769. The van der Waals surface area contributed by atoms with Crippen molar-refractivity contribution in [1.82, 2.24) is 0 Å². The minimum atomic E-state index is 0.563. The minimum Gasteiger partial charge on any atom is -0.330 e. The van der Waals surface area contributed by atoms with Crippen LogP contribution in [-0.4, -0.2) is 6.54 Å². The Kier molecular flexibility index (Phi) is 4.12. The van der Waals surface area contributed by atoms with Crippen molar-refractivity contribution in [2.24, 2.45) is 11.7 Å². The lowest BCUT2D eigenvalue weighted by Crippen LogP contribution is -2.25. The molecule has 1 aromatic carbocycles. The molecule has 1 aliphatic rings. The largest absolute Gasteiger partial charge is 0.330 e. The Morgan fingerprint density at radius 2 is 1.88 bits per heavy atom. The molecule has 0 aliphatic heterocycles. The maximum atomic E-state index is 6.06. The Bertz CT molecular complexity index is 365. The maximum absolute atomic E-state index is 6.06. The molecule has 0 radical (unpaired) electrons. The van der Waals surface area contributed by atoms with Crippen molar-refractivity contribution in [1.29, 1.82) is 0 Å². The first-order valence-corrected chi connectivity index (χ1v) is 6.63. The number of rotatable bonds is 2. The molecule has 0 amide bonds. The first kappa shape index (κ1) is 12.2. The second-order valence-electron chi connectivity index (χ2n) is 4.56. The van der Waals surface area contributed by atoms with Gasteiger partial charge in [0.1, 0.15) is 0 Å². The Labute approximate surface area is 107 Å². The van der Waals surface area contributed by atoms with Crippen molar-refractivity contribution in [2.45, 2.75) is 31.6 Å². The van der Waals surface area contributed by atoms with E-state index in [1.54, 1.807) is 0 Å². The van der Waals surface area contributed by atoms with Crippen LogP contribution in [0, 0.1) is 5.92 Å². The van der Waals surface area contributed by atoms with Crippen LogP contribution in [-0.2, 0) is 0 Å². The zero-order valence-electron chi connectivity index (χ0n) is 9.26. The molecule has 0 aromatic heterocycles. The van der Waals surface area contributed by atoms with Crippen molar-refractivity contribution in [3.05, 3.63) is 33.8 Å². The SMILES string of the molecule is NCC1CCCCC1c1ccc(Cl)c(Cl)c1. The minimum absolute atomic E-state index is 0.563. The van der Waals surface area contributed by atoms with Gasteiger partial charge in [-0.3, -0.25) is 0 Å². The van der Waals surface area contributed by atoms with Crippen LogP contribution >= 0.6 is 23.2 Å². The van der Waals surface area contributed by atoms with Gasteiger partial charge in [-0.1, -0.05) is 42.1 Å². The highest BCUT2D eigenvalue weighted by Gasteiger charge is 2.25. The van der Waals surface area contributed by atoms with Crippen molar-refractivity contribution < 1.29 is 0 Å². The highest BCUT2D eigenvalue weighted by atomic mass is 35.5. The zero-order valence-corrected chi connectivity index (χ0v) is 10.8. The van der Waals surface area contributed by atoms with Crippen LogP contribution in [0.4, 0.5) is 0 Å². The van der Waals surface area contributed by atoms with E-state index in [2.05, 4.69) is 6.07 Å². The van der Waals surface area contributed by atoms with Crippen LogP contribution in [0.25, 0.3) is 0 Å². The quantitative estimate of drug-likeness (QED) is 0.844. The first-order chi connectivity index (χ1) is 7.72. The number of hydrogen-bond donors (Lipinski definition) is 1. The first-order valence-electron chi connectivity index (χ1n) is 5.87. The van der Waals surface area contributed by atoms with Gasteiger partial charge < -0.3 is 5.73 Å². The van der Waals surface area contributed by atoms with E-state index in [0.29, 0.717) is 21.9 Å². The molecule has 2 rings (SSSR count). The van der Waals surface area contributed by atoms with E-state index in [-0.39, 0.29) is 0 Å². The standard InChI is InChI=1S/C13H17Cl2N/c14-12-6-5-9(7-13(12)15)11-4-2-1-3-10(11)8-16/h5-7,10-11H,1-4,8,16H2. The Balaban J connectivity index is 2.23. The van der Waals surface area contributed by atoms with Gasteiger partial charge in [0, 0.05) is 0 Å². The van der Waals surface area contributed by atoms with Crippen molar-refractivity contribution in [2.75, 3.05) is 6.54 Å². The summed E-state index contributed by atoms with van der Waals surface area (Å²) in [6.07, 6.45) is 5.06. The number of benzene rings is 1. The van der Waals surface area contributed by atoms with Crippen LogP contribution < -0.4 is 5.73 Å². The molecular formula is C13H17Cl2N. The summed E-state index contributed by atoms with van der Waals surface area (Å²) in [5.74, 6) is 1.17. The predicted octanol–water partition coefficient (Wildman–Crippen LogP) is 4.23. The van der Waals surface area contributed by atoms with Gasteiger partial charge in [0.15, 0.2) is 0 Å². The van der Waals surface area contributed by atoms with E-state index < -0.39 is 0 Å². The summed E-state index contributed by atoms with van der Waals surface area (Å²) >= 11 is 12.0. The smallest absolute Gasteiger partial charge is 0.0595 e. The van der Waals surface area contributed by atoms with Crippen molar-refractivity contribution in [3.8, 4) is 0 Å². The molecular weight excluding hydrogens is 241 g/mol. The molecule has 88 valence electrons. The number of halogens is 2. The van der Waals surface area contributed by atoms with Gasteiger partial charge in [0.2, 0.25) is 0 Å². The van der Waals surface area contributed by atoms with Gasteiger partial charge in [-0.15, -0.1) is 0 Å². The van der Waals surface area contributed by atoms with E-state index in [1.807, 2.05) is 12.1 Å². The van der Waals surface area contributed by atoms with Gasteiger partial charge in [-0.25, -0.2) is 0 Å². The topological polar surface area (TPSA) is 26.0 Å². The monoisotopic (exact) mass is 257 g/mol. The molecule has 0 saturated heterocycles. The Morgan fingerprint density at radius 1 is 1.12 bits per heavy atom. The molecule has 2 atom stereocenters. The second-order valence-corrected chi connectivity index (χ2v) is 5.37. The normalized spacial score (nSPS) is 25.7. The van der Waals surface area contributed by atoms with Gasteiger partial charge in [-0.05, 0) is 48.9 Å². The molecule has 1 aliphatic carbocycles. The Hall–Kier alpha value is -0.240. The van der Waals surface area contributed by atoms with Gasteiger partial charge in [-0.2, -0.15) is 0 Å². The van der Waals surface area contributed by atoms with Gasteiger partial charge >= 0.3 is 0 Å². The van der Waals surface area contributed by atoms with Crippen LogP contribution in [0.1, 0.15) is 37.2 Å². The lowest BCUT2D eigenvalue weighted by Gasteiger charge is -2.31. The molecule has 0 spiro atoms. The lowest BCUT2D eigenvalue weighted by molar-refractivity contribution is 0.314. The number of nitrogens with two attached hydrogens (primary N) is 1. The third-order valence-corrected chi connectivity index (χ3v) is 4.32. The second kappa shape index (κ2) is 5.39. The average Bonchev–Trinajstić information content (AvgIpc) is 2.32. The maximum Gasteiger partial charge on any atom is 0.0595 e. The molecule has 0 heterocycles. The molecule has 3 heteroatoms. The molecule has 0 bridgehead atoms. The fourth-order valence-corrected chi connectivity index (χ4v) is 2.98. The highest BCUT2D eigenvalue weighted by Crippen LogP contribution is 2.38. The fourth-order valence-electron chi connectivity index (χ4n) is 2.67. The molecule has 1 saturated carbocycles. The predicted molar refractivity (Wildman–Crippen MR) is 70.2 cm³/mol. The molecule has 16 heavy (non-hydrogen) atoms. The third-order valence-electron chi connectivity index (χ3n) is 3.58. The van der Waals surface area contributed by atoms with Gasteiger partial charge in [0.05, 0.1) is 10.0 Å². The van der Waals surface area contributed by atoms with Crippen LogP contribution in [0.3, 0.4) is 0 Å². The van der Waals surface area contributed by atoms with E-state index in [0.717, 1.165) is 6.54 Å². The van der Waals surface area contributed by atoms with E-state index in [9.17, 15) is 0 Å². The lowest BCUT2D eigenvalue weighted by atomic mass is 9.75. The third kappa shape index (κ3) is 2.53. The molecule has 2 unspecified atom stereocenters. The highest BCUT2D eigenvalue weighted by molar-refractivity contribution is 6.42.